The van der Waals surface area contributed by atoms with Crippen molar-refractivity contribution in [2.45, 2.75) is 18.3 Å². The van der Waals surface area contributed by atoms with Gasteiger partial charge in [-0.3, -0.25) is 0 Å². The lowest BCUT2D eigenvalue weighted by Crippen LogP contribution is -2.31. The highest BCUT2D eigenvalue weighted by Crippen LogP contribution is 2.39. The number of aldehydes is 1. The van der Waals surface area contributed by atoms with Crippen molar-refractivity contribution in [3.63, 3.8) is 0 Å². The molecule has 0 fully saturated rings. The molecule has 0 amide bonds. The van der Waals surface area contributed by atoms with Gasteiger partial charge in [0.1, 0.15) is 6.29 Å². The highest BCUT2D eigenvalue weighted by molar-refractivity contribution is 5.72. The summed E-state index contributed by atoms with van der Waals surface area (Å²) >= 11 is 0. The van der Waals surface area contributed by atoms with Gasteiger partial charge in [0, 0.05) is 5.92 Å². The van der Waals surface area contributed by atoms with Crippen LogP contribution in [-0.4, -0.2) is 6.29 Å². The molecular weight excluding hydrogens is 304 g/mol. The Bertz CT molecular complexity index is 822. The minimum Gasteiger partial charge on any atom is -0.302 e. The summed E-state index contributed by atoms with van der Waals surface area (Å²) in [5.41, 5.74) is 2.66. The van der Waals surface area contributed by atoms with Crippen molar-refractivity contribution in [3.8, 4) is 0 Å². The summed E-state index contributed by atoms with van der Waals surface area (Å²) in [6, 6.07) is 30.4. The summed E-state index contributed by atoms with van der Waals surface area (Å²) in [7, 11) is 0. The second-order valence-electron chi connectivity index (χ2n) is 6.42. The van der Waals surface area contributed by atoms with Gasteiger partial charge in [-0.25, -0.2) is 0 Å². The summed E-state index contributed by atoms with van der Waals surface area (Å²) in [5, 5.41) is 0. The van der Waals surface area contributed by atoms with Crippen LogP contribution in [0.1, 0.15) is 29.5 Å². The van der Waals surface area contributed by atoms with Gasteiger partial charge in [-0.05, 0) is 23.6 Å². The van der Waals surface area contributed by atoms with E-state index in [4.69, 9.17) is 0 Å². The Hall–Kier alpha value is -2.93. The molecule has 3 aromatic carbocycles. The van der Waals surface area contributed by atoms with Crippen LogP contribution in [0.4, 0.5) is 0 Å². The first kappa shape index (κ1) is 16.9. The van der Waals surface area contributed by atoms with Crippen LogP contribution in [0.5, 0.6) is 0 Å². The fourth-order valence-electron chi connectivity index (χ4n) is 3.21. The number of carbonyl (C=O) groups is 1. The van der Waals surface area contributed by atoms with Crippen LogP contribution >= 0.6 is 0 Å². The maximum Gasteiger partial charge on any atom is 0.131 e. The number of carbonyl (C=O) groups excluding carboxylic acids is 1. The smallest absolute Gasteiger partial charge is 0.131 e. The number of hydrogen-bond acceptors (Lipinski definition) is 1. The first-order valence-electron chi connectivity index (χ1n) is 8.54. The minimum absolute atomic E-state index is 0.0474. The van der Waals surface area contributed by atoms with Crippen LogP contribution in [0.3, 0.4) is 0 Å². The molecule has 3 aromatic rings. The summed E-state index contributed by atoms with van der Waals surface area (Å²) in [6.45, 7) is 2.02. The first-order valence-corrected chi connectivity index (χ1v) is 8.54. The van der Waals surface area contributed by atoms with Gasteiger partial charge in [0.05, 0.1) is 5.41 Å². The molecule has 0 unspecified atom stereocenters. The minimum atomic E-state index is -0.631. The van der Waals surface area contributed by atoms with Gasteiger partial charge >= 0.3 is 0 Å². The third kappa shape index (κ3) is 3.77. The summed E-state index contributed by atoms with van der Waals surface area (Å²) in [5.74, 6) is -0.0474. The number of hydrogen-bond donors (Lipinski definition) is 0. The molecule has 25 heavy (non-hydrogen) atoms. The first-order chi connectivity index (χ1) is 12.2. The van der Waals surface area contributed by atoms with Crippen molar-refractivity contribution in [1.29, 1.82) is 0 Å². The van der Waals surface area contributed by atoms with Crippen LogP contribution in [0.2, 0.25) is 0 Å². The van der Waals surface area contributed by atoms with Crippen molar-refractivity contribution in [1.82, 2.24) is 0 Å². The summed E-state index contributed by atoms with van der Waals surface area (Å²) < 4.78 is 0. The maximum atomic E-state index is 12.2. The number of allylic oxidation sites excluding steroid dienone is 1. The molecule has 0 saturated carbocycles. The molecule has 0 aliphatic heterocycles. The van der Waals surface area contributed by atoms with Crippen LogP contribution < -0.4 is 0 Å². The molecule has 0 radical (unpaired) electrons. The molecule has 1 nitrogen and oxygen atoms in total. The lowest BCUT2D eigenvalue weighted by Gasteiger charge is -2.32. The molecule has 0 aliphatic carbocycles. The fourth-order valence-corrected chi connectivity index (χ4v) is 3.21. The zero-order chi connectivity index (χ0) is 17.5. The van der Waals surface area contributed by atoms with E-state index in [2.05, 4.69) is 36.4 Å². The van der Waals surface area contributed by atoms with E-state index in [9.17, 15) is 4.79 Å². The normalized spacial score (nSPS) is 14.8. The van der Waals surface area contributed by atoms with E-state index in [0.29, 0.717) is 0 Å². The molecule has 1 heteroatoms. The van der Waals surface area contributed by atoms with Gasteiger partial charge < -0.3 is 4.79 Å². The molecule has 0 saturated heterocycles. The molecule has 0 aliphatic rings. The second-order valence-corrected chi connectivity index (χ2v) is 6.42. The second kappa shape index (κ2) is 7.76. The monoisotopic (exact) mass is 326 g/mol. The van der Waals surface area contributed by atoms with Crippen LogP contribution in [0, 0.1) is 0 Å². The third-order valence-corrected chi connectivity index (χ3v) is 4.73. The SMILES string of the molecule is C[C@@](C=O)(c1ccccc1)[C@H](/C=C/c1ccccc1)c1ccccc1. The van der Waals surface area contributed by atoms with Crippen molar-refractivity contribution in [3.05, 3.63) is 114 Å². The maximum absolute atomic E-state index is 12.2. The van der Waals surface area contributed by atoms with Gasteiger partial charge in [-0.1, -0.05) is 103 Å². The van der Waals surface area contributed by atoms with E-state index in [1.807, 2.05) is 73.7 Å². The van der Waals surface area contributed by atoms with Gasteiger partial charge in [-0.15, -0.1) is 0 Å². The summed E-state index contributed by atoms with van der Waals surface area (Å²) in [6.07, 6.45) is 5.32. The molecule has 3 rings (SSSR count). The van der Waals surface area contributed by atoms with Gasteiger partial charge in [-0.2, -0.15) is 0 Å². The van der Waals surface area contributed by atoms with Crippen LogP contribution in [0.25, 0.3) is 6.08 Å². The largest absolute Gasteiger partial charge is 0.302 e. The molecule has 0 spiro atoms. The van der Waals surface area contributed by atoms with Gasteiger partial charge in [0.25, 0.3) is 0 Å². The Morgan fingerprint density at radius 2 is 1.28 bits per heavy atom. The average Bonchev–Trinajstić information content (AvgIpc) is 2.70. The zero-order valence-electron chi connectivity index (χ0n) is 14.4. The van der Waals surface area contributed by atoms with E-state index in [1.165, 1.54) is 0 Å². The van der Waals surface area contributed by atoms with E-state index < -0.39 is 5.41 Å². The van der Waals surface area contributed by atoms with E-state index >= 15 is 0 Å². The average molecular weight is 326 g/mol. The Labute approximate surface area is 149 Å². The van der Waals surface area contributed by atoms with Crippen LogP contribution in [-0.2, 0) is 10.2 Å². The third-order valence-electron chi connectivity index (χ3n) is 4.73. The molecule has 2 atom stereocenters. The number of rotatable bonds is 6. The summed E-state index contributed by atoms with van der Waals surface area (Å²) in [4.78, 5) is 12.2. The van der Waals surface area contributed by atoms with Crippen molar-refractivity contribution in [2.75, 3.05) is 0 Å². The zero-order valence-corrected chi connectivity index (χ0v) is 14.4. The fraction of sp³-hybridized carbons (Fsp3) is 0.125. The van der Waals surface area contributed by atoms with E-state index in [1.54, 1.807) is 0 Å². The van der Waals surface area contributed by atoms with Crippen molar-refractivity contribution < 1.29 is 4.79 Å². The molecule has 0 heterocycles. The molecule has 0 aromatic heterocycles. The van der Waals surface area contributed by atoms with Gasteiger partial charge in [0.2, 0.25) is 0 Å². The van der Waals surface area contributed by atoms with E-state index in [0.717, 1.165) is 23.0 Å². The van der Waals surface area contributed by atoms with E-state index in [-0.39, 0.29) is 5.92 Å². The van der Waals surface area contributed by atoms with Crippen molar-refractivity contribution in [2.24, 2.45) is 0 Å². The molecule has 124 valence electrons. The molecule has 0 N–H and O–H groups in total. The number of benzene rings is 3. The topological polar surface area (TPSA) is 17.1 Å². The Balaban J connectivity index is 2.07. The van der Waals surface area contributed by atoms with Crippen molar-refractivity contribution >= 4 is 12.4 Å². The lowest BCUT2D eigenvalue weighted by molar-refractivity contribution is -0.112. The van der Waals surface area contributed by atoms with Gasteiger partial charge in [0.15, 0.2) is 0 Å². The standard InChI is InChI=1S/C24H22O/c1-24(19-25,22-15-9-4-10-16-22)23(21-13-7-3-8-14-21)18-17-20-11-5-2-6-12-20/h2-19,23H,1H3/b18-17+/t23-,24-/m1/s1. The Morgan fingerprint density at radius 1 is 0.760 bits per heavy atom. The highest BCUT2D eigenvalue weighted by atomic mass is 16.1. The predicted molar refractivity (Wildman–Crippen MR) is 105 cm³/mol. The predicted octanol–water partition coefficient (Wildman–Crippen LogP) is 5.64. The van der Waals surface area contributed by atoms with Crippen LogP contribution in [0.15, 0.2) is 97.1 Å². The lowest BCUT2D eigenvalue weighted by atomic mass is 9.69. The molecule has 0 bridgehead atoms. The molecular formula is C24H22O. The Morgan fingerprint density at radius 3 is 1.84 bits per heavy atom. The quantitative estimate of drug-likeness (QED) is 0.536. The highest BCUT2D eigenvalue weighted by Gasteiger charge is 2.35. The Kier molecular flexibility index (Phi) is 5.25.